The number of benzene rings is 1. The number of carbonyl (C=O) groups is 3. The minimum absolute atomic E-state index is 0.0539. The van der Waals surface area contributed by atoms with E-state index in [9.17, 15) is 14.4 Å². The third-order valence-electron chi connectivity index (χ3n) is 5.03. The lowest BCUT2D eigenvalue weighted by Gasteiger charge is -2.38. The van der Waals surface area contributed by atoms with Gasteiger partial charge in [-0.25, -0.2) is 4.79 Å². The second kappa shape index (κ2) is 10.3. The number of halogens is 1. The monoisotopic (exact) mass is 433 g/mol. The number of nitrogens with zero attached hydrogens (tertiary/aromatic N) is 2. The van der Waals surface area contributed by atoms with E-state index >= 15 is 0 Å². The van der Waals surface area contributed by atoms with Crippen LogP contribution < -0.4 is 5.32 Å². The molecular formula is C21H24ClN3O5. The molecule has 1 atom stereocenters. The van der Waals surface area contributed by atoms with Crippen LogP contribution in [0.2, 0.25) is 5.02 Å². The molecule has 30 heavy (non-hydrogen) atoms. The molecule has 0 bridgehead atoms. The van der Waals surface area contributed by atoms with Gasteiger partial charge in [-0.3, -0.25) is 14.5 Å². The van der Waals surface area contributed by atoms with E-state index in [0.717, 1.165) is 0 Å². The molecular weight excluding hydrogens is 410 g/mol. The minimum atomic E-state index is -0.617. The average molecular weight is 434 g/mol. The van der Waals surface area contributed by atoms with Crippen molar-refractivity contribution in [1.29, 1.82) is 0 Å². The van der Waals surface area contributed by atoms with Gasteiger partial charge in [0, 0.05) is 44.2 Å². The Bertz CT molecular complexity index is 879. The van der Waals surface area contributed by atoms with Gasteiger partial charge in [0.25, 0.3) is 5.91 Å². The van der Waals surface area contributed by atoms with Crippen LogP contribution in [0.4, 0.5) is 0 Å². The van der Waals surface area contributed by atoms with Gasteiger partial charge in [-0.05, 0) is 23.8 Å². The molecule has 0 aliphatic carbocycles. The van der Waals surface area contributed by atoms with Crippen LogP contribution in [0.3, 0.4) is 0 Å². The van der Waals surface area contributed by atoms with Crippen LogP contribution in [0.5, 0.6) is 0 Å². The summed E-state index contributed by atoms with van der Waals surface area (Å²) in [5.41, 5.74) is 0.687. The van der Waals surface area contributed by atoms with E-state index in [1.165, 1.54) is 13.4 Å². The number of amides is 2. The molecule has 3 rings (SSSR count). The van der Waals surface area contributed by atoms with Gasteiger partial charge >= 0.3 is 5.97 Å². The number of hydrogen-bond acceptors (Lipinski definition) is 6. The van der Waals surface area contributed by atoms with Crippen LogP contribution in [0.25, 0.3) is 0 Å². The molecule has 2 aromatic rings. The van der Waals surface area contributed by atoms with Crippen molar-refractivity contribution in [2.75, 3.05) is 39.8 Å². The lowest BCUT2D eigenvalue weighted by molar-refractivity contribution is -0.148. The molecule has 1 N–H and O–H groups in total. The largest absolute Gasteiger partial charge is 0.468 e. The second-order valence-corrected chi connectivity index (χ2v) is 7.25. The van der Waals surface area contributed by atoms with Crippen molar-refractivity contribution < 1.29 is 23.5 Å². The Balaban J connectivity index is 1.52. The Morgan fingerprint density at radius 2 is 1.87 bits per heavy atom. The fourth-order valence-electron chi connectivity index (χ4n) is 3.45. The highest BCUT2D eigenvalue weighted by Crippen LogP contribution is 2.29. The zero-order chi connectivity index (χ0) is 21.5. The van der Waals surface area contributed by atoms with Crippen LogP contribution in [-0.2, 0) is 14.3 Å². The first-order valence-corrected chi connectivity index (χ1v) is 10.0. The van der Waals surface area contributed by atoms with E-state index in [1.807, 2.05) is 17.0 Å². The number of esters is 1. The molecule has 0 radical (unpaired) electrons. The number of nitrogens with one attached hydrogen (secondary N) is 1. The molecule has 8 nitrogen and oxygen atoms in total. The number of piperazine rings is 1. The van der Waals surface area contributed by atoms with Crippen molar-refractivity contribution in [3.8, 4) is 0 Å². The number of methoxy groups -OCH3 is 1. The van der Waals surface area contributed by atoms with Crippen molar-refractivity contribution in [3.05, 3.63) is 59.0 Å². The summed E-state index contributed by atoms with van der Waals surface area (Å²) < 4.78 is 10.0. The Morgan fingerprint density at radius 1 is 1.13 bits per heavy atom. The Morgan fingerprint density at radius 3 is 2.50 bits per heavy atom. The Labute approximate surface area is 179 Å². The van der Waals surface area contributed by atoms with Gasteiger partial charge in [-0.1, -0.05) is 29.8 Å². The molecule has 1 fully saturated rings. The molecule has 1 aliphatic heterocycles. The highest BCUT2D eigenvalue weighted by molar-refractivity contribution is 6.31. The molecule has 0 unspecified atom stereocenters. The summed E-state index contributed by atoms with van der Waals surface area (Å²) in [6, 6.07) is 9.76. The van der Waals surface area contributed by atoms with E-state index in [4.69, 9.17) is 20.8 Å². The van der Waals surface area contributed by atoms with E-state index in [2.05, 4.69) is 5.32 Å². The van der Waals surface area contributed by atoms with Crippen LogP contribution >= 0.6 is 11.6 Å². The molecule has 0 spiro atoms. The average Bonchev–Trinajstić information content (AvgIpc) is 3.30. The minimum Gasteiger partial charge on any atom is -0.468 e. The molecule has 9 heteroatoms. The highest BCUT2D eigenvalue weighted by Gasteiger charge is 2.33. The van der Waals surface area contributed by atoms with E-state index < -0.39 is 6.04 Å². The number of furan rings is 1. The van der Waals surface area contributed by atoms with E-state index in [1.54, 1.807) is 29.2 Å². The molecule has 1 aliphatic rings. The van der Waals surface area contributed by atoms with Crippen molar-refractivity contribution in [2.45, 2.75) is 12.5 Å². The number of carbonyl (C=O) groups excluding carboxylic acids is 3. The molecule has 1 aromatic heterocycles. The van der Waals surface area contributed by atoms with E-state index in [0.29, 0.717) is 36.8 Å². The van der Waals surface area contributed by atoms with Gasteiger partial charge in [0.2, 0.25) is 5.91 Å². The predicted molar refractivity (Wildman–Crippen MR) is 110 cm³/mol. The highest BCUT2D eigenvalue weighted by atomic mass is 35.5. The maximum atomic E-state index is 12.5. The van der Waals surface area contributed by atoms with Crippen LogP contribution in [-0.4, -0.2) is 67.4 Å². The summed E-state index contributed by atoms with van der Waals surface area (Å²) in [4.78, 5) is 40.5. The van der Waals surface area contributed by atoms with Crippen molar-refractivity contribution in [3.63, 3.8) is 0 Å². The first kappa shape index (κ1) is 21.9. The van der Waals surface area contributed by atoms with Crippen molar-refractivity contribution in [2.24, 2.45) is 0 Å². The first-order chi connectivity index (χ1) is 14.5. The maximum Gasteiger partial charge on any atom is 0.327 e. The molecule has 1 saturated heterocycles. The van der Waals surface area contributed by atoms with E-state index in [-0.39, 0.29) is 36.5 Å². The zero-order valence-electron chi connectivity index (χ0n) is 16.7. The summed E-state index contributed by atoms with van der Waals surface area (Å²) in [7, 11) is 1.35. The van der Waals surface area contributed by atoms with Gasteiger partial charge in [-0.2, -0.15) is 0 Å². The quantitative estimate of drug-likeness (QED) is 0.672. The van der Waals surface area contributed by atoms with Gasteiger partial charge in [0.1, 0.15) is 6.04 Å². The fourth-order valence-corrected chi connectivity index (χ4v) is 3.69. The van der Waals surface area contributed by atoms with Gasteiger partial charge in [0.05, 0.1) is 13.4 Å². The molecule has 2 amide bonds. The predicted octanol–water partition coefficient (Wildman–Crippen LogP) is 2.11. The summed E-state index contributed by atoms with van der Waals surface area (Å²) in [6.45, 7) is 2.19. The number of hydrogen-bond donors (Lipinski definition) is 1. The smallest absolute Gasteiger partial charge is 0.327 e. The van der Waals surface area contributed by atoms with Gasteiger partial charge in [-0.15, -0.1) is 0 Å². The lowest BCUT2D eigenvalue weighted by atomic mass is 10.0. The third-order valence-corrected chi connectivity index (χ3v) is 5.37. The summed E-state index contributed by atoms with van der Waals surface area (Å²) >= 11 is 6.30. The maximum absolute atomic E-state index is 12.5. The van der Waals surface area contributed by atoms with Crippen LogP contribution in [0.15, 0.2) is 47.1 Å². The van der Waals surface area contributed by atoms with Crippen LogP contribution in [0.1, 0.15) is 28.6 Å². The molecule has 160 valence electrons. The first-order valence-electron chi connectivity index (χ1n) is 9.67. The normalized spacial score (nSPS) is 15.5. The molecule has 2 heterocycles. The Hall–Kier alpha value is -2.84. The van der Waals surface area contributed by atoms with Gasteiger partial charge in [0.15, 0.2) is 5.76 Å². The van der Waals surface area contributed by atoms with Crippen LogP contribution in [0, 0.1) is 0 Å². The SMILES string of the molecule is COC(=O)[C@H](c1ccccc1Cl)N1CCN(C(=O)CCNC(=O)c2ccco2)CC1. The lowest BCUT2D eigenvalue weighted by Crippen LogP contribution is -2.51. The number of rotatable bonds is 7. The fraction of sp³-hybridized carbons (Fsp3) is 0.381. The van der Waals surface area contributed by atoms with Crippen molar-refractivity contribution >= 4 is 29.4 Å². The van der Waals surface area contributed by atoms with Gasteiger partial charge < -0.3 is 19.4 Å². The van der Waals surface area contributed by atoms with Crippen molar-refractivity contribution in [1.82, 2.24) is 15.1 Å². The summed E-state index contributed by atoms with van der Waals surface area (Å²) in [5.74, 6) is -0.576. The summed E-state index contributed by atoms with van der Waals surface area (Å²) in [6.07, 6.45) is 1.61. The molecule has 1 aromatic carbocycles. The second-order valence-electron chi connectivity index (χ2n) is 6.85. The zero-order valence-corrected chi connectivity index (χ0v) is 17.4. The topological polar surface area (TPSA) is 92.1 Å². The third kappa shape index (κ3) is 5.20. The molecule has 0 saturated carbocycles. The summed E-state index contributed by atoms with van der Waals surface area (Å²) in [5, 5.41) is 3.16. The standard InChI is InChI=1S/C21H24ClN3O5/c1-29-21(28)19(15-5-2-3-6-16(15)22)25-12-10-24(11-13-25)18(26)8-9-23-20(27)17-7-4-14-30-17/h2-7,14,19H,8-13H2,1H3,(H,23,27)/t19-/m0/s1. The Kier molecular flexibility index (Phi) is 7.48. The number of ether oxygens (including phenoxy) is 1.